The molecule has 0 aliphatic rings. The Hall–Kier alpha value is -2.31. The highest BCUT2D eigenvalue weighted by Crippen LogP contribution is 2.26. The molecule has 0 fully saturated rings. The molecule has 1 amide bonds. The monoisotopic (exact) mass is 362 g/mol. The smallest absolute Gasteiger partial charge is 0.226 e. The molecular formula is C17H12ClFN2O2S. The van der Waals surface area contributed by atoms with Crippen LogP contribution in [0.1, 0.15) is 23.2 Å². The van der Waals surface area contributed by atoms with E-state index in [0.29, 0.717) is 25.9 Å². The molecule has 0 spiro atoms. The predicted octanol–water partition coefficient (Wildman–Crippen LogP) is 4.69. The molecule has 122 valence electrons. The van der Waals surface area contributed by atoms with Gasteiger partial charge in [0, 0.05) is 23.4 Å². The molecule has 0 atom stereocenters. The highest BCUT2D eigenvalue weighted by molar-refractivity contribution is 7.22. The maximum absolute atomic E-state index is 13.1. The van der Waals surface area contributed by atoms with Gasteiger partial charge in [0.1, 0.15) is 5.82 Å². The van der Waals surface area contributed by atoms with E-state index in [2.05, 4.69) is 10.3 Å². The van der Waals surface area contributed by atoms with E-state index in [1.807, 2.05) is 0 Å². The third kappa shape index (κ3) is 3.96. The molecule has 24 heavy (non-hydrogen) atoms. The molecule has 0 aliphatic heterocycles. The van der Waals surface area contributed by atoms with E-state index in [-0.39, 0.29) is 30.3 Å². The number of carbonyl (C=O) groups excluding carboxylic acids is 2. The summed E-state index contributed by atoms with van der Waals surface area (Å²) in [6.45, 7) is 0. The lowest BCUT2D eigenvalue weighted by Gasteiger charge is -2.02. The molecule has 0 aliphatic carbocycles. The topological polar surface area (TPSA) is 59.1 Å². The van der Waals surface area contributed by atoms with Crippen LogP contribution in [0.4, 0.5) is 9.52 Å². The average Bonchev–Trinajstić information content (AvgIpc) is 2.94. The Bertz CT molecular complexity index is 909. The normalized spacial score (nSPS) is 10.8. The molecule has 3 aromatic rings. The van der Waals surface area contributed by atoms with Gasteiger partial charge in [0.25, 0.3) is 0 Å². The zero-order valence-electron chi connectivity index (χ0n) is 12.4. The van der Waals surface area contributed by atoms with E-state index in [1.165, 1.54) is 23.5 Å². The van der Waals surface area contributed by atoms with Crippen LogP contribution in [0.5, 0.6) is 0 Å². The van der Waals surface area contributed by atoms with Gasteiger partial charge in [-0.2, -0.15) is 0 Å². The van der Waals surface area contributed by atoms with Crippen molar-refractivity contribution in [1.82, 2.24) is 4.98 Å². The van der Waals surface area contributed by atoms with Crippen LogP contribution in [0.3, 0.4) is 0 Å². The zero-order chi connectivity index (χ0) is 17.1. The van der Waals surface area contributed by atoms with Gasteiger partial charge in [-0.3, -0.25) is 9.59 Å². The number of ketones is 1. The number of fused-ring (bicyclic) bond motifs is 1. The number of benzene rings is 2. The number of amides is 1. The summed E-state index contributed by atoms with van der Waals surface area (Å²) < 4.78 is 13.8. The highest BCUT2D eigenvalue weighted by Gasteiger charge is 2.12. The minimum absolute atomic E-state index is 0.0474. The third-order valence-corrected chi connectivity index (χ3v) is 4.53. The van der Waals surface area contributed by atoms with Gasteiger partial charge in [0.05, 0.1) is 10.2 Å². The molecule has 0 saturated carbocycles. The van der Waals surface area contributed by atoms with Crippen LogP contribution in [-0.2, 0) is 4.79 Å². The Morgan fingerprint density at radius 2 is 1.88 bits per heavy atom. The van der Waals surface area contributed by atoms with Crippen LogP contribution in [-0.4, -0.2) is 16.7 Å². The lowest BCUT2D eigenvalue weighted by atomic mass is 10.1. The molecule has 4 nitrogen and oxygen atoms in total. The molecule has 2 aromatic carbocycles. The van der Waals surface area contributed by atoms with Crippen LogP contribution in [0.2, 0.25) is 5.02 Å². The summed E-state index contributed by atoms with van der Waals surface area (Å²) in [5.74, 6) is -0.789. The minimum atomic E-state index is -0.349. The van der Waals surface area contributed by atoms with E-state index >= 15 is 0 Å². The average molecular weight is 363 g/mol. The Labute approximate surface area is 146 Å². The summed E-state index contributed by atoms with van der Waals surface area (Å²) in [6.07, 6.45) is 0.138. The molecule has 1 aromatic heterocycles. The number of anilines is 1. The second kappa shape index (κ2) is 7.07. The fourth-order valence-electron chi connectivity index (χ4n) is 2.14. The maximum atomic E-state index is 13.1. The molecule has 7 heteroatoms. The largest absolute Gasteiger partial charge is 0.302 e. The number of halogens is 2. The SMILES string of the molecule is O=C(CCC(=O)c1ccc(Cl)cc1)Nc1nc2ccc(F)cc2s1. The number of rotatable bonds is 5. The van der Waals surface area contributed by atoms with Crippen LogP contribution >= 0.6 is 22.9 Å². The van der Waals surface area contributed by atoms with Crippen molar-refractivity contribution in [3.05, 3.63) is 58.9 Å². The predicted molar refractivity (Wildman–Crippen MR) is 93.2 cm³/mol. The van der Waals surface area contributed by atoms with Gasteiger partial charge < -0.3 is 5.32 Å². The number of hydrogen-bond acceptors (Lipinski definition) is 4. The van der Waals surface area contributed by atoms with E-state index in [1.54, 1.807) is 30.3 Å². The molecule has 0 bridgehead atoms. The van der Waals surface area contributed by atoms with Gasteiger partial charge in [-0.15, -0.1) is 0 Å². The van der Waals surface area contributed by atoms with Crippen molar-refractivity contribution in [1.29, 1.82) is 0 Å². The number of nitrogens with zero attached hydrogens (tertiary/aromatic N) is 1. The molecule has 0 radical (unpaired) electrons. The molecule has 1 heterocycles. The van der Waals surface area contributed by atoms with E-state index in [0.717, 1.165) is 0 Å². The zero-order valence-corrected chi connectivity index (χ0v) is 14.0. The van der Waals surface area contributed by atoms with E-state index < -0.39 is 0 Å². The van der Waals surface area contributed by atoms with Crippen LogP contribution in [0.25, 0.3) is 10.2 Å². The Morgan fingerprint density at radius 1 is 1.12 bits per heavy atom. The lowest BCUT2D eigenvalue weighted by Crippen LogP contribution is -2.13. The van der Waals surface area contributed by atoms with Gasteiger partial charge in [-0.1, -0.05) is 22.9 Å². The van der Waals surface area contributed by atoms with Crippen molar-refractivity contribution < 1.29 is 14.0 Å². The number of carbonyl (C=O) groups is 2. The van der Waals surface area contributed by atoms with Crippen LogP contribution < -0.4 is 5.32 Å². The fraction of sp³-hybridized carbons (Fsp3) is 0.118. The molecule has 0 saturated heterocycles. The van der Waals surface area contributed by atoms with Gasteiger partial charge in [-0.25, -0.2) is 9.37 Å². The van der Waals surface area contributed by atoms with Crippen molar-refractivity contribution in [2.45, 2.75) is 12.8 Å². The Kier molecular flexibility index (Phi) is 4.87. The number of Topliss-reactive ketones (excluding diaryl/α,β-unsaturated/α-hetero) is 1. The summed E-state index contributed by atoms with van der Waals surface area (Å²) in [5.41, 5.74) is 1.14. The van der Waals surface area contributed by atoms with Crippen molar-refractivity contribution in [2.75, 3.05) is 5.32 Å². The Morgan fingerprint density at radius 3 is 2.62 bits per heavy atom. The molecule has 1 N–H and O–H groups in total. The first-order chi connectivity index (χ1) is 11.5. The van der Waals surface area contributed by atoms with Crippen molar-refractivity contribution in [2.24, 2.45) is 0 Å². The standard InChI is InChI=1S/C17H12ClFN2O2S/c18-11-3-1-10(2-4-11)14(22)7-8-16(23)21-17-20-13-6-5-12(19)9-15(13)24-17/h1-6,9H,7-8H2,(H,20,21,23). The summed E-state index contributed by atoms with van der Waals surface area (Å²) in [7, 11) is 0. The second-order valence-electron chi connectivity index (χ2n) is 5.11. The summed E-state index contributed by atoms with van der Waals surface area (Å²) in [4.78, 5) is 28.2. The highest BCUT2D eigenvalue weighted by atomic mass is 35.5. The van der Waals surface area contributed by atoms with Gasteiger partial charge in [-0.05, 0) is 42.5 Å². The third-order valence-electron chi connectivity index (χ3n) is 3.34. The minimum Gasteiger partial charge on any atom is -0.302 e. The van der Waals surface area contributed by atoms with Crippen LogP contribution in [0.15, 0.2) is 42.5 Å². The van der Waals surface area contributed by atoms with Crippen molar-refractivity contribution in [3.63, 3.8) is 0 Å². The lowest BCUT2D eigenvalue weighted by molar-refractivity contribution is -0.116. The number of aromatic nitrogens is 1. The van der Waals surface area contributed by atoms with E-state index in [4.69, 9.17) is 11.6 Å². The van der Waals surface area contributed by atoms with Crippen molar-refractivity contribution in [3.8, 4) is 0 Å². The number of nitrogens with one attached hydrogen (secondary N) is 1. The summed E-state index contributed by atoms with van der Waals surface area (Å²) in [5, 5.41) is 3.58. The first kappa shape index (κ1) is 16.5. The van der Waals surface area contributed by atoms with Gasteiger partial charge in [0.15, 0.2) is 10.9 Å². The van der Waals surface area contributed by atoms with Gasteiger partial charge in [0.2, 0.25) is 5.91 Å². The van der Waals surface area contributed by atoms with Crippen molar-refractivity contribution >= 4 is 50.0 Å². The summed E-state index contributed by atoms with van der Waals surface area (Å²) >= 11 is 6.96. The summed E-state index contributed by atoms with van der Waals surface area (Å²) in [6, 6.07) is 10.8. The molecule has 3 rings (SSSR count). The Balaban J connectivity index is 1.58. The quantitative estimate of drug-likeness (QED) is 0.670. The number of thiazole rings is 1. The number of hydrogen-bond donors (Lipinski definition) is 1. The first-order valence-corrected chi connectivity index (χ1v) is 8.35. The second-order valence-corrected chi connectivity index (χ2v) is 6.58. The van der Waals surface area contributed by atoms with Crippen LogP contribution in [0, 0.1) is 5.82 Å². The fourth-order valence-corrected chi connectivity index (χ4v) is 3.17. The maximum Gasteiger partial charge on any atom is 0.226 e. The first-order valence-electron chi connectivity index (χ1n) is 7.16. The molecular weight excluding hydrogens is 351 g/mol. The van der Waals surface area contributed by atoms with Gasteiger partial charge >= 0.3 is 0 Å². The van der Waals surface area contributed by atoms with E-state index in [9.17, 15) is 14.0 Å². The molecule has 0 unspecified atom stereocenters.